The highest BCUT2D eigenvalue weighted by atomic mass is 16.2. The van der Waals surface area contributed by atoms with Crippen molar-refractivity contribution in [3.05, 3.63) is 80.6 Å². The van der Waals surface area contributed by atoms with E-state index in [0.29, 0.717) is 13.1 Å². The minimum absolute atomic E-state index is 0.0577. The largest absolute Gasteiger partial charge is 0.346 e. The molecule has 28 heavy (non-hydrogen) atoms. The fraction of sp³-hybridized carbons (Fsp3) is 0.200. The zero-order valence-electron chi connectivity index (χ0n) is 14.9. The van der Waals surface area contributed by atoms with E-state index >= 15 is 0 Å². The average Bonchev–Trinajstić information content (AvgIpc) is 3.00. The number of carbonyl (C=O) groups is 2. The van der Waals surface area contributed by atoms with Crippen molar-refractivity contribution in [2.75, 3.05) is 6.54 Å². The van der Waals surface area contributed by atoms with Crippen molar-refractivity contribution in [1.82, 2.24) is 20.2 Å². The van der Waals surface area contributed by atoms with Gasteiger partial charge in [-0.25, -0.2) is 4.79 Å². The van der Waals surface area contributed by atoms with Crippen LogP contribution in [0.2, 0.25) is 0 Å². The Hall–Kier alpha value is -3.68. The van der Waals surface area contributed by atoms with E-state index < -0.39 is 23.2 Å². The van der Waals surface area contributed by atoms with Gasteiger partial charge in [-0.1, -0.05) is 42.5 Å². The van der Waals surface area contributed by atoms with Crippen LogP contribution < -0.4 is 16.6 Å². The van der Waals surface area contributed by atoms with Crippen molar-refractivity contribution in [2.45, 2.75) is 19.0 Å². The number of likely N-dealkylation sites (tertiary alicyclic amines) is 1. The topological polar surface area (TPSA) is 115 Å². The average molecular weight is 378 g/mol. The van der Waals surface area contributed by atoms with E-state index in [0.717, 1.165) is 22.4 Å². The van der Waals surface area contributed by atoms with Crippen molar-refractivity contribution in [1.29, 1.82) is 0 Å². The van der Waals surface area contributed by atoms with Crippen LogP contribution in [0.3, 0.4) is 0 Å². The Morgan fingerprint density at radius 3 is 2.68 bits per heavy atom. The summed E-state index contributed by atoms with van der Waals surface area (Å²) >= 11 is 0. The first-order valence-electron chi connectivity index (χ1n) is 8.88. The number of aromatic amines is 2. The fourth-order valence-corrected chi connectivity index (χ4v) is 3.51. The second kappa shape index (κ2) is 7.15. The predicted molar refractivity (Wildman–Crippen MR) is 103 cm³/mol. The highest BCUT2D eigenvalue weighted by Crippen LogP contribution is 2.22. The number of rotatable bonds is 4. The summed E-state index contributed by atoms with van der Waals surface area (Å²) in [5.74, 6) is -0.648. The van der Waals surface area contributed by atoms with E-state index in [9.17, 15) is 19.2 Å². The molecule has 1 atom stereocenters. The SMILES string of the molecule is O=C(NC1CC(=O)N(Cc2cccc3ccccc23)C1)c1cc(=O)[nH]c(=O)[nH]1. The Balaban J connectivity index is 1.47. The molecule has 2 amide bonds. The molecule has 2 heterocycles. The fourth-order valence-electron chi connectivity index (χ4n) is 3.51. The molecule has 3 aromatic rings. The van der Waals surface area contributed by atoms with Gasteiger partial charge in [-0.15, -0.1) is 0 Å². The van der Waals surface area contributed by atoms with Crippen molar-refractivity contribution in [3.8, 4) is 0 Å². The molecule has 0 spiro atoms. The first-order chi connectivity index (χ1) is 13.5. The molecule has 0 radical (unpaired) electrons. The summed E-state index contributed by atoms with van der Waals surface area (Å²) in [6, 6.07) is 14.6. The Morgan fingerprint density at radius 2 is 1.86 bits per heavy atom. The maximum Gasteiger partial charge on any atom is 0.326 e. The van der Waals surface area contributed by atoms with Crippen LogP contribution in [0.15, 0.2) is 58.1 Å². The monoisotopic (exact) mass is 378 g/mol. The molecule has 1 aromatic heterocycles. The first kappa shape index (κ1) is 17.7. The van der Waals surface area contributed by atoms with Gasteiger partial charge < -0.3 is 15.2 Å². The van der Waals surface area contributed by atoms with E-state index in [-0.39, 0.29) is 18.0 Å². The Labute approximate surface area is 159 Å². The van der Waals surface area contributed by atoms with E-state index in [4.69, 9.17) is 0 Å². The molecule has 0 saturated carbocycles. The van der Waals surface area contributed by atoms with Crippen LogP contribution in [-0.4, -0.2) is 39.3 Å². The molecule has 0 aliphatic carbocycles. The summed E-state index contributed by atoms with van der Waals surface area (Å²) in [5.41, 5.74) is -0.502. The van der Waals surface area contributed by atoms with Gasteiger partial charge >= 0.3 is 5.69 Å². The number of amides is 2. The van der Waals surface area contributed by atoms with E-state index in [1.54, 1.807) is 4.90 Å². The number of carbonyl (C=O) groups excluding carboxylic acids is 2. The zero-order chi connectivity index (χ0) is 19.7. The number of hydrogen-bond donors (Lipinski definition) is 3. The minimum atomic E-state index is -0.752. The summed E-state index contributed by atoms with van der Waals surface area (Å²) < 4.78 is 0. The first-order valence-corrected chi connectivity index (χ1v) is 8.88. The maximum absolute atomic E-state index is 12.4. The third kappa shape index (κ3) is 3.57. The van der Waals surface area contributed by atoms with Gasteiger partial charge in [-0.05, 0) is 16.3 Å². The van der Waals surface area contributed by atoms with Crippen LogP contribution in [0.25, 0.3) is 10.8 Å². The lowest BCUT2D eigenvalue weighted by molar-refractivity contribution is -0.128. The van der Waals surface area contributed by atoms with Gasteiger partial charge in [0.15, 0.2) is 0 Å². The van der Waals surface area contributed by atoms with E-state index in [1.807, 2.05) is 47.4 Å². The number of hydrogen-bond acceptors (Lipinski definition) is 4. The molecule has 142 valence electrons. The van der Waals surface area contributed by atoms with Gasteiger partial charge in [-0.2, -0.15) is 0 Å². The van der Waals surface area contributed by atoms with Gasteiger partial charge in [0, 0.05) is 25.6 Å². The number of aromatic nitrogens is 2. The summed E-state index contributed by atoms with van der Waals surface area (Å²) in [6.07, 6.45) is 0.171. The lowest BCUT2D eigenvalue weighted by atomic mass is 10.0. The summed E-state index contributed by atoms with van der Waals surface area (Å²) in [5, 5.41) is 4.90. The number of fused-ring (bicyclic) bond motifs is 1. The smallest absolute Gasteiger partial charge is 0.326 e. The number of H-pyrrole nitrogens is 2. The number of nitrogens with zero attached hydrogens (tertiary/aromatic N) is 1. The molecule has 4 rings (SSSR count). The maximum atomic E-state index is 12.4. The van der Waals surface area contributed by atoms with Gasteiger partial charge in [0.1, 0.15) is 5.69 Å². The summed E-state index contributed by atoms with van der Waals surface area (Å²) in [6.45, 7) is 0.815. The van der Waals surface area contributed by atoms with Crippen molar-refractivity contribution in [3.63, 3.8) is 0 Å². The Bertz CT molecular complexity index is 1150. The second-order valence-corrected chi connectivity index (χ2v) is 6.79. The third-order valence-corrected chi connectivity index (χ3v) is 4.80. The molecule has 1 aliphatic heterocycles. The lowest BCUT2D eigenvalue weighted by Gasteiger charge is -2.18. The van der Waals surface area contributed by atoms with Crippen LogP contribution in [0.5, 0.6) is 0 Å². The van der Waals surface area contributed by atoms with Crippen LogP contribution in [0.4, 0.5) is 0 Å². The standard InChI is InChI=1S/C20H18N4O4/c25-17-9-16(22-20(28)23-17)19(27)21-14-8-18(26)24(11-14)10-13-6-3-5-12-4-1-2-7-15(12)13/h1-7,9,14H,8,10-11H2,(H,21,27)(H2,22,23,25,28). The van der Waals surface area contributed by atoms with Crippen LogP contribution in [0.1, 0.15) is 22.5 Å². The van der Waals surface area contributed by atoms with E-state index in [2.05, 4.69) is 10.3 Å². The van der Waals surface area contributed by atoms with Crippen LogP contribution in [-0.2, 0) is 11.3 Å². The Morgan fingerprint density at radius 1 is 1.07 bits per heavy atom. The molecule has 2 aromatic carbocycles. The molecule has 8 nitrogen and oxygen atoms in total. The normalized spacial score (nSPS) is 16.5. The number of nitrogens with one attached hydrogen (secondary N) is 3. The number of benzene rings is 2. The zero-order valence-corrected chi connectivity index (χ0v) is 14.9. The lowest BCUT2D eigenvalue weighted by Crippen LogP contribution is -2.39. The molecule has 1 unspecified atom stereocenters. The summed E-state index contributed by atoms with van der Waals surface area (Å²) in [4.78, 5) is 53.4. The molecule has 1 saturated heterocycles. The molecular weight excluding hydrogens is 360 g/mol. The molecule has 0 bridgehead atoms. The minimum Gasteiger partial charge on any atom is -0.346 e. The van der Waals surface area contributed by atoms with Crippen LogP contribution >= 0.6 is 0 Å². The quantitative estimate of drug-likeness (QED) is 0.621. The predicted octanol–water partition coefficient (Wildman–Crippen LogP) is 0.747. The van der Waals surface area contributed by atoms with Crippen LogP contribution in [0, 0.1) is 0 Å². The van der Waals surface area contributed by atoms with E-state index in [1.165, 1.54) is 0 Å². The van der Waals surface area contributed by atoms with Gasteiger partial charge in [0.25, 0.3) is 11.5 Å². The van der Waals surface area contributed by atoms with Gasteiger partial charge in [0.2, 0.25) is 5.91 Å². The molecule has 1 fully saturated rings. The van der Waals surface area contributed by atoms with Gasteiger partial charge in [0.05, 0.1) is 6.04 Å². The van der Waals surface area contributed by atoms with Crippen molar-refractivity contribution < 1.29 is 9.59 Å². The molecular formula is C20H18N4O4. The molecule has 8 heteroatoms. The second-order valence-electron chi connectivity index (χ2n) is 6.79. The highest BCUT2D eigenvalue weighted by Gasteiger charge is 2.31. The molecule has 3 N–H and O–H groups in total. The van der Waals surface area contributed by atoms with Crippen molar-refractivity contribution >= 4 is 22.6 Å². The highest BCUT2D eigenvalue weighted by molar-refractivity contribution is 5.93. The Kier molecular flexibility index (Phi) is 4.52. The van der Waals surface area contributed by atoms with Crippen molar-refractivity contribution in [2.24, 2.45) is 0 Å². The molecule has 1 aliphatic rings. The third-order valence-electron chi connectivity index (χ3n) is 4.80. The van der Waals surface area contributed by atoms with Gasteiger partial charge in [-0.3, -0.25) is 19.4 Å². The summed E-state index contributed by atoms with van der Waals surface area (Å²) in [7, 11) is 0.